The summed E-state index contributed by atoms with van der Waals surface area (Å²) in [6.07, 6.45) is 0.800. The maximum Gasteiger partial charge on any atom is 0.251 e. The average molecular weight is 416 g/mol. The van der Waals surface area contributed by atoms with Gasteiger partial charge < -0.3 is 10.6 Å². The predicted octanol–water partition coefficient (Wildman–Crippen LogP) is 4.73. The number of fused-ring (bicyclic) bond motifs is 1. The van der Waals surface area contributed by atoms with Crippen molar-refractivity contribution < 1.29 is 9.59 Å². The second-order valence-electron chi connectivity index (χ2n) is 6.84. The highest BCUT2D eigenvalue weighted by Gasteiger charge is 2.23. The summed E-state index contributed by atoms with van der Waals surface area (Å²) >= 11 is 1.59. The number of amides is 2. The standard InChI is InChI=1S/C24H21N3O2S/c28-21(15-16-22-26-19-13-7-8-14-20(19)30-22)27-23(17-9-3-1-4-10-17)24(29)25-18-11-5-2-6-12-18/h1-14,23H,15-16H2,(H,25,29)(H,27,28). The molecule has 3 aromatic carbocycles. The summed E-state index contributed by atoms with van der Waals surface area (Å²) in [7, 11) is 0. The second kappa shape index (κ2) is 9.33. The summed E-state index contributed by atoms with van der Waals surface area (Å²) in [4.78, 5) is 30.1. The third-order valence-corrected chi connectivity index (χ3v) is 5.74. The molecule has 0 aliphatic carbocycles. The fraction of sp³-hybridized carbons (Fsp3) is 0.125. The first kappa shape index (κ1) is 19.8. The highest BCUT2D eigenvalue weighted by atomic mass is 32.1. The Morgan fingerprint density at radius 2 is 1.53 bits per heavy atom. The highest BCUT2D eigenvalue weighted by Crippen LogP contribution is 2.23. The molecule has 2 amide bonds. The molecule has 0 saturated carbocycles. The van der Waals surface area contributed by atoms with Gasteiger partial charge in [0, 0.05) is 18.5 Å². The first-order valence-electron chi connectivity index (χ1n) is 9.74. The Morgan fingerprint density at radius 3 is 2.27 bits per heavy atom. The number of para-hydroxylation sites is 2. The van der Waals surface area contributed by atoms with E-state index in [4.69, 9.17) is 0 Å². The van der Waals surface area contributed by atoms with E-state index >= 15 is 0 Å². The largest absolute Gasteiger partial charge is 0.341 e. The molecule has 0 saturated heterocycles. The molecule has 0 aliphatic heterocycles. The Balaban J connectivity index is 1.44. The molecule has 150 valence electrons. The monoisotopic (exact) mass is 415 g/mol. The minimum Gasteiger partial charge on any atom is -0.341 e. The number of thiazole rings is 1. The topological polar surface area (TPSA) is 71.1 Å². The van der Waals surface area contributed by atoms with Crippen molar-refractivity contribution in [2.45, 2.75) is 18.9 Å². The maximum atomic E-state index is 12.9. The Kier molecular flexibility index (Phi) is 6.15. The van der Waals surface area contributed by atoms with E-state index in [-0.39, 0.29) is 18.2 Å². The van der Waals surface area contributed by atoms with Crippen LogP contribution < -0.4 is 10.6 Å². The third kappa shape index (κ3) is 4.90. The molecule has 0 spiro atoms. The van der Waals surface area contributed by atoms with Gasteiger partial charge in [0.05, 0.1) is 15.2 Å². The molecule has 1 unspecified atom stereocenters. The predicted molar refractivity (Wildman–Crippen MR) is 120 cm³/mol. The van der Waals surface area contributed by atoms with Crippen molar-refractivity contribution in [1.82, 2.24) is 10.3 Å². The van der Waals surface area contributed by atoms with E-state index in [1.54, 1.807) is 11.3 Å². The van der Waals surface area contributed by atoms with Crippen LogP contribution in [0.25, 0.3) is 10.2 Å². The van der Waals surface area contributed by atoms with Crippen molar-refractivity contribution in [1.29, 1.82) is 0 Å². The van der Waals surface area contributed by atoms with Crippen molar-refractivity contribution in [2.75, 3.05) is 5.32 Å². The lowest BCUT2D eigenvalue weighted by molar-refractivity contribution is -0.126. The first-order valence-corrected chi connectivity index (χ1v) is 10.6. The van der Waals surface area contributed by atoms with Gasteiger partial charge in [-0.3, -0.25) is 9.59 Å². The number of aryl methyl sites for hydroxylation is 1. The summed E-state index contributed by atoms with van der Waals surface area (Å²) in [6, 6.07) is 25.6. The molecule has 4 rings (SSSR count). The van der Waals surface area contributed by atoms with Crippen LogP contribution in [0, 0.1) is 0 Å². The number of rotatable bonds is 7. The summed E-state index contributed by atoms with van der Waals surface area (Å²) in [5.41, 5.74) is 2.37. The molecule has 5 nitrogen and oxygen atoms in total. The van der Waals surface area contributed by atoms with Gasteiger partial charge in [-0.15, -0.1) is 11.3 Å². The number of aromatic nitrogens is 1. The molecular weight excluding hydrogens is 394 g/mol. The van der Waals surface area contributed by atoms with E-state index in [1.165, 1.54) is 0 Å². The number of carbonyl (C=O) groups is 2. The first-order chi connectivity index (χ1) is 14.7. The molecule has 4 aromatic rings. The Bertz CT molecular complexity index is 1110. The van der Waals surface area contributed by atoms with Gasteiger partial charge >= 0.3 is 0 Å². The van der Waals surface area contributed by atoms with E-state index < -0.39 is 6.04 Å². The zero-order valence-electron chi connectivity index (χ0n) is 16.2. The summed E-state index contributed by atoms with van der Waals surface area (Å²) in [5.74, 6) is -0.466. The fourth-order valence-corrected chi connectivity index (χ4v) is 4.13. The fourth-order valence-electron chi connectivity index (χ4n) is 3.16. The van der Waals surface area contributed by atoms with Crippen LogP contribution in [0.5, 0.6) is 0 Å². The summed E-state index contributed by atoms with van der Waals surface area (Å²) in [6.45, 7) is 0. The van der Waals surface area contributed by atoms with Crippen LogP contribution in [0.1, 0.15) is 23.0 Å². The summed E-state index contributed by atoms with van der Waals surface area (Å²) in [5, 5.41) is 6.67. The van der Waals surface area contributed by atoms with Gasteiger partial charge in [0.25, 0.3) is 5.91 Å². The number of hydrogen-bond acceptors (Lipinski definition) is 4. The van der Waals surface area contributed by atoms with E-state index in [0.717, 1.165) is 20.8 Å². The van der Waals surface area contributed by atoms with Crippen molar-refractivity contribution in [2.24, 2.45) is 0 Å². The number of nitrogens with one attached hydrogen (secondary N) is 2. The molecule has 2 N–H and O–H groups in total. The summed E-state index contributed by atoms with van der Waals surface area (Å²) < 4.78 is 1.11. The van der Waals surface area contributed by atoms with Gasteiger partial charge in [0.2, 0.25) is 5.91 Å². The molecule has 6 heteroatoms. The number of nitrogens with zero attached hydrogens (tertiary/aromatic N) is 1. The van der Waals surface area contributed by atoms with Gasteiger partial charge in [-0.05, 0) is 29.8 Å². The Morgan fingerprint density at radius 1 is 0.867 bits per heavy atom. The number of carbonyl (C=O) groups excluding carboxylic acids is 2. The van der Waals surface area contributed by atoms with Crippen molar-refractivity contribution in [3.63, 3.8) is 0 Å². The molecule has 0 aliphatic rings. The van der Waals surface area contributed by atoms with Crippen molar-refractivity contribution in [3.05, 3.63) is 95.5 Å². The third-order valence-electron chi connectivity index (χ3n) is 4.65. The molecule has 1 aromatic heterocycles. The second-order valence-corrected chi connectivity index (χ2v) is 7.96. The van der Waals surface area contributed by atoms with Gasteiger partial charge in [-0.1, -0.05) is 60.7 Å². The van der Waals surface area contributed by atoms with Crippen LogP contribution in [0.3, 0.4) is 0 Å². The smallest absolute Gasteiger partial charge is 0.251 e. The van der Waals surface area contributed by atoms with Crippen molar-refractivity contribution in [3.8, 4) is 0 Å². The van der Waals surface area contributed by atoms with Crippen molar-refractivity contribution >= 4 is 39.1 Å². The van der Waals surface area contributed by atoms with Gasteiger partial charge in [0.1, 0.15) is 6.04 Å². The highest BCUT2D eigenvalue weighted by molar-refractivity contribution is 7.18. The van der Waals surface area contributed by atoms with E-state index in [1.807, 2.05) is 84.9 Å². The van der Waals surface area contributed by atoms with E-state index in [2.05, 4.69) is 15.6 Å². The number of anilines is 1. The van der Waals surface area contributed by atoms with Crippen LogP contribution in [0.15, 0.2) is 84.9 Å². The zero-order chi connectivity index (χ0) is 20.8. The maximum absolute atomic E-state index is 12.9. The molecule has 0 fully saturated rings. The molecule has 1 heterocycles. The Labute approximate surface area is 178 Å². The lowest BCUT2D eigenvalue weighted by Crippen LogP contribution is -2.37. The normalized spacial score (nSPS) is 11.7. The molecule has 1 atom stereocenters. The minimum absolute atomic E-state index is 0.189. The molecule has 0 radical (unpaired) electrons. The van der Waals surface area contributed by atoms with Gasteiger partial charge in [0.15, 0.2) is 0 Å². The molecular formula is C24H21N3O2S. The lowest BCUT2D eigenvalue weighted by Gasteiger charge is -2.19. The quantitative estimate of drug-likeness (QED) is 0.459. The number of hydrogen-bond donors (Lipinski definition) is 2. The SMILES string of the molecule is O=C(CCc1nc2ccccc2s1)NC(C(=O)Nc1ccccc1)c1ccccc1. The Hall–Kier alpha value is -3.51. The lowest BCUT2D eigenvalue weighted by atomic mass is 10.1. The van der Waals surface area contributed by atoms with Crippen LogP contribution in [0.2, 0.25) is 0 Å². The van der Waals surface area contributed by atoms with Crippen LogP contribution >= 0.6 is 11.3 Å². The van der Waals surface area contributed by atoms with E-state index in [9.17, 15) is 9.59 Å². The van der Waals surface area contributed by atoms with Crippen LogP contribution in [0.4, 0.5) is 5.69 Å². The molecule has 30 heavy (non-hydrogen) atoms. The van der Waals surface area contributed by atoms with Crippen LogP contribution in [-0.4, -0.2) is 16.8 Å². The van der Waals surface area contributed by atoms with E-state index in [0.29, 0.717) is 12.1 Å². The molecule has 0 bridgehead atoms. The minimum atomic E-state index is -0.769. The van der Waals surface area contributed by atoms with Gasteiger partial charge in [-0.25, -0.2) is 4.98 Å². The number of benzene rings is 3. The zero-order valence-corrected chi connectivity index (χ0v) is 17.1. The van der Waals surface area contributed by atoms with Crippen LogP contribution in [-0.2, 0) is 16.0 Å². The van der Waals surface area contributed by atoms with Gasteiger partial charge in [-0.2, -0.15) is 0 Å². The average Bonchev–Trinajstić information content (AvgIpc) is 3.20.